The maximum Gasteiger partial charge on any atom is 0.339 e. The SMILES string of the molecule is COC(=O)c1ccccc1NC(=O)N[C@@H](C)c1cc(OC)ccc1OC. The van der Waals surface area contributed by atoms with E-state index in [0.717, 1.165) is 5.56 Å². The Bertz CT molecular complexity index is 791. The lowest BCUT2D eigenvalue weighted by Gasteiger charge is -2.19. The van der Waals surface area contributed by atoms with E-state index in [1.165, 1.54) is 7.11 Å². The molecule has 1 atom stereocenters. The molecule has 2 aromatic carbocycles. The number of benzene rings is 2. The van der Waals surface area contributed by atoms with Crippen LogP contribution in [0.3, 0.4) is 0 Å². The molecule has 0 unspecified atom stereocenters. The number of rotatable bonds is 6. The lowest BCUT2D eigenvalue weighted by Crippen LogP contribution is -2.32. The fraction of sp³-hybridized carbons (Fsp3) is 0.263. The average molecular weight is 358 g/mol. The van der Waals surface area contributed by atoms with Gasteiger partial charge in [0.2, 0.25) is 0 Å². The number of carbonyl (C=O) groups excluding carboxylic acids is 2. The van der Waals surface area contributed by atoms with E-state index in [9.17, 15) is 9.59 Å². The number of hydrogen-bond acceptors (Lipinski definition) is 5. The van der Waals surface area contributed by atoms with Crippen LogP contribution < -0.4 is 20.1 Å². The molecule has 0 bridgehead atoms. The quantitative estimate of drug-likeness (QED) is 0.773. The van der Waals surface area contributed by atoms with Crippen molar-refractivity contribution in [3.63, 3.8) is 0 Å². The maximum atomic E-state index is 12.4. The first-order valence-electron chi connectivity index (χ1n) is 7.97. The van der Waals surface area contributed by atoms with Crippen LogP contribution in [0, 0.1) is 0 Å². The van der Waals surface area contributed by atoms with Crippen molar-refractivity contribution in [3.05, 3.63) is 53.6 Å². The summed E-state index contributed by atoms with van der Waals surface area (Å²) in [6, 6.07) is 11.2. The van der Waals surface area contributed by atoms with Crippen molar-refractivity contribution in [1.29, 1.82) is 0 Å². The third-order valence-electron chi connectivity index (χ3n) is 3.83. The van der Waals surface area contributed by atoms with E-state index in [0.29, 0.717) is 17.2 Å². The highest BCUT2D eigenvalue weighted by atomic mass is 16.5. The largest absolute Gasteiger partial charge is 0.497 e. The van der Waals surface area contributed by atoms with Crippen LogP contribution in [0.15, 0.2) is 42.5 Å². The number of para-hydroxylation sites is 1. The summed E-state index contributed by atoms with van der Waals surface area (Å²) in [6.07, 6.45) is 0. The molecule has 0 aliphatic heterocycles. The Morgan fingerprint density at radius 3 is 2.38 bits per heavy atom. The molecule has 0 aliphatic carbocycles. The lowest BCUT2D eigenvalue weighted by molar-refractivity contribution is 0.0602. The summed E-state index contributed by atoms with van der Waals surface area (Å²) < 4.78 is 15.3. The van der Waals surface area contributed by atoms with Gasteiger partial charge in [-0.15, -0.1) is 0 Å². The maximum absolute atomic E-state index is 12.4. The Labute approximate surface area is 152 Å². The van der Waals surface area contributed by atoms with Crippen LogP contribution in [0.5, 0.6) is 11.5 Å². The van der Waals surface area contributed by atoms with E-state index < -0.39 is 12.0 Å². The number of ether oxygens (including phenoxy) is 3. The second-order valence-corrected chi connectivity index (χ2v) is 5.47. The molecule has 26 heavy (non-hydrogen) atoms. The smallest absolute Gasteiger partial charge is 0.339 e. The van der Waals surface area contributed by atoms with Crippen LogP contribution in [0.1, 0.15) is 28.9 Å². The van der Waals surface area contributed by atoms with Gasteiger partial charge >= 0.3 is 12.0 Å². The zero-order valence-electron chi connectivity index (χ0n) is 15.2. The molecular formula is C19H22N2O5. The molecule has 0 saturated carbocycles. The van der Waals surface area contributed by atoms with Gasteiger partial charge in [-0.3, -0.25) is 0 Å². The number of anilines is 1. The van der Waals surface area contributed by atoms with E-state index in [4.69, 9.17) is 14.2 Å². The van der Waals surface area contributed by atoms with Gasteiger partial charge in [-0.1, -0.05) is 12.1 Å². The van der Waals surface area contributed by atoms with Crippen LogP contribution in [0.2, 0.25) is 0 Å². The fourth-order valence-electron chi connectivity index (χ4n) is 2.49. The van der Waals surface area contributed by atoms with Crippen LogP contribution >= 0.6 is 0 Å². The van der Waals surface area contributed by atoms with Crippen molar-refractivity contribution in [3.8, 4) is 11.5 Å². The van der Waals surface area contributed by atoms with Gasteiger partial charge in [-0.2, -0.15) is 0 Å². The van der Waals surface area contributed by atoms with E-state index in [1.807, 2.05) is 6.92 Å². The predicted molar refractivity (Wildman–Crippen MR) is 97.9 cm³/mol. The zero-order chi connectivity index (χ0) is 19.1. The van der Waals surface area contributed by atoms with Crippen LogP contribution in [-0.4, -0.2) is 33.3 Å². The van der Waals surface area contributed by atoms with Gasteiger partial charge in [-0.05, 0) is 37.3 Å². The summed E-state index contributed by atoms with van der Waals surface area (Å²) in [6.45, 7) is 1.82. The highest BCUT2D eigenvalue weighted by molar-refractivity contribution is 6.00. The van der Waals surface area contributed by atoms with E-state index in [1.54, 1.807) is 56.7 Å². The minimum absolute atomic E-state index is 0.275. The first-order chi connectivity index (χ1) is 12.5. The third kappa shape index (κ3) is 4.44. The summed E-state index contributed by atoms with van der Waals surface area (Å²) in [5.74, 6) is 0.767. The number of urea groups is 1. The van der Waals surface area contributed by atoms with Crippen LogP contribution in [-0.2, 0) is 4.74 Å². The zero-order valence-corrected chi connectivity index (χ0v) is 15.2. The fourth-order valence-corrected chi connectivity index (χ4v) is 2.49. The standard InChI is InChI=1S/C19H22N2O5/c1-12(15-11-13(24-2)9-10-17(15)25-3)20-19(23)21-16-8-6-5-7-14(16)18(22)26-4/h5-12H,1-4H3,(H2,20,21,23)/t12-/m0/s1. The van der Waals surface area contributed by atoms with Crippen molar-refractivity contribution in [2.45, 2.75) is 13.0 Å². The highest BCUT2D eigenvalue weighted by Gasteiger charge is 2.17. The highest BCUT2D eigenvalue weighted by Crippen LogP contribution is 2.29. The Balaban J connectivity index is 2.15. The number of esters is 1. The Kier molecular flexibility index (Phi) is 6.43. The van der Waals surface area contributed by atoms with Crippen molar-refractivity contribution >= 4 is 17.7 Å². The first kappa shape index (κ1) is 19.1. The Morgan fingerprint density at radius 2 is 1.73 bits per heavy atom. The lowest BCUT2D eigenvalue weighted by atomic mass is 10.1. The summed E-state index contributed by atoms with van der Waals surface area (Å²) in [7, 11) is 4.42. The van der Waals surface area contributed by atoms with Crippen molar-refractivity contribution in [1.82, 2.24) is 5.32 Å². The molecular weight excluding hydrogens is 336 g/mol. The minimum atomic E-state index is -0.525. The van der Waals surface area contributed by atoms with Crippen LogP contribution in [0.25, 0.3) is 0 Å². The van der Waals surface area contributed by atoms with Gasteiger partial charge in [0.25, 0.3) is 0 Å². The molecule has 0 aromatic heterocycles. The van der Waals surface area contributed by atoms with Gasteiger partial charge in [0.15, 0.2) is 0 Å². The molecule has 0 spiro atoms. The van der Waals surface area contributed by atoms with E-state index in [-0.39, 0.29) is 11.6 Å². The topological polar surface area (TPSA) is 85.9 Å². The molecule has 0 heterocycles. The second-order valence-electron chi connectivity index (χ2n) is 5.47. The first-order valence-corrected chi connectivity index (χ1v) is 7.97. The summed E-state index contributed by atoms with van der Waals surface area (Å²) in [5.41, 5.74) is 1.40. The van der Waals surface area contributed by atoms with Crippen LogP contribution in [0.4, 0.5) is 10.5 Å². The molecule has 0 saturated heterocycles. The molecule has 0 fully saturated rings. The number of nitrogens with one attached hydrogen (secondary N) is 2. The Morgan fingerprint density at radius 1 is 1.00 bits per heavy atom. The number of methoxy groups -OCH3 is 3. The molecule has 0 radical (unpaired) electrons. The van der Waals surface area contributed by atoms with Gasteiger partial charge in [0, 0.05) is 5.56 Å². The van der Waals surface area contributed by atoms with Gasteiger partial charge in [-0.25, -0.2) is 9.59 Å². The molecule has 7 heteroatoms. The number of carbonyl (C=O) groups is 2. The molecule has 2 rings (SSSR count). The Hall–Kier alpha value is -3.22. The second kappa shape index (κ2) is 8.75. The molecule has 2 aromatic rings. The van der Waals surface area contributed by atoms with Crippen molar-refractivity contribution in [2.75, 3.05) is 26.6 Å². The number of hydrogen-bond donors (Lipinski definition) is 2. The predicted octanol–water partition coefficient (Wildman–Crippen LogP) is 3.37. The molecule has 138 valence electrons. The third-order valence-corrected chi connectivity index (χ3v) is 3.83. The van der Waals surface area contributed by atoms with Gasteiger partial charge in [0.05, 0.1) is 38.6 Å². The molecule has 7 nitrogen and oxygen atoms in total. The van der Waals surface area contributed by atoms with Gasteiger partial charge < -0.3 is 24.8 Å². The summed E-state index contributed by atoms with van der Waals surface area (Å²) in [4.78, 5) is 24.2. The summed E-state index contributed by atoms with van der Waals surface area (Å²) >= 11 is 0. The normalized spacial score (nSPS) is 11.2. The van der Waals surface area contributed by atoms with E-state index >= 15 is 0 Å². The van der Waals surface area contributed by atoms with Gasteiger partial charge in [0.1, 0.15) is 11.5 Å². The molecule has 2 N–H and O–H groups in total. The average Bonchev–Trinajstić information content (AvgIpc) is 2.67. The number of amides is 2. The van der Waals surface area contributed by atoms with Crippen molar-refractivity contribution in [2.24, 2.45) is 0 Å². The van der Waals surface area contributed by atoms with Crippen molar-refractivity contribution < 1.29 is 23.8 Å². The molecule has 2 amide bonds. The van der Waals surface area contributed by atoms with E-state index in [2.05, 4.69) is 10.6 Å². The minimum Gasteiger partial charge on any atom is -0.497 e. The molecule has 0 aliphatic rings. The summed E-state index contributed by atoms with van der Waals surface area (Å²) in [5, 5.41) is 5.49. The monoisotopic (exact) mass is 358 g/mol.